The lowest BCUT2D eigenvalue weighted by Crippen LogP contribution is -2.07. The van der Waals surface area contributed by atoms with E-state index in [-0.39, 0.29) is 5.78 Å². The van der Waals surface area contributed by atoms with Crippen molar-refractivity contribution in [2.45, 2.75) is 6.92 Å². The van der Waals surface area contributed by atoms with Crippen LogP contribution in [0.4, 0.5) is 0 Å². The lowest BCUT2D eigenvalue weighted by atomic mass is 10.0. The van der Waals surface area contributed by atoms with Crippen LogP contribution in [0.25, 0.3) is 0 Å². The SMILES string of the molecule is COc1cccc(OC)c1C(=O)c1cnn(C)c1C. The molecule has 0 N–H and O–H groups in total. The summed E-state index contributed by atoms with van der Waals surface area (Å²) in [6.07, 6.45) is 1.56. The Labute approximate surface area is 111 Å². The highest BCUT2D eigenvalue weighted by Gasteiger charge is 2.22. The standard InChI is InChI=1S/C14H16N2O3/c1-9-10(8-15-16(9)2)14(17)13-11(18-3)6-5-7-12(13)19-4/h5-8H,1-4H3. The number of ether oxygens (including phenoxy) is 2. The first kappa shape index (κ1) is 13.1. The minimum absolute atomic E-state index is 0.153. The lowest BCUT2D eigenvalue weighted by Gasteiger charge is -2.11. The van der Waals surface area contributed by atoms with Gasteiger partial charge in [0.05, 0.1) is 26.0 Å². The van der Waals surface area contributed by atoms with E-state index in [2.05, 4.69) is 5.10 Å². The van der Waals surface area contributed by atoms with Crippen molar-refractivity contribution in [1.29, 1.82) is 0 Å². The number of hydrogen-bond acceptors (Lipinski definition) is 4. The zero-order valence-electron chi connectivity index (χ0n) is 11.4. The number of carbonyl (C=O) groups is 1. The molecule has 0 unspecified atom stereocenters. The summed E-state index contributed by atoms with van der Waals surface area (Å²) in [7, 11) is 4.86. The van der Waals surface area contributed by atoms with Crippen molar-refractivity contribution in [3.8, 4) is 11.5 Å². The number of aromatic nitrogens is 2. The third-order valence-corrected chi connectivity index (χ3v) is 3.13. The molecule has 19 heavy (non-hydrogen) atoms. The van der Waals surface area contributed by atoms with Gasteiger partial charge in [-0.05, 0) is 19.1 Å². The molecule has 0 atom stereocenters. The number of aryl methyl sites for hydroxylation is 1. The fraction of sp³-hybridized carbons (Fsp3) is 0.286. The van der Waals surface area contributed by atoms with E-state index >= 15 is 0 Å². The van der Waals surface area contributed by atoms with E-state index in [0.29, 0.717) is 22.6 Å². The minimum Gasteiger partial charge on any atom is -0.496 e. The summed E-state index contributed by atoms with van der Waals surface area (Å²) in [6.45, 7) is 1.85. The van der Waals surface area contributed by atoms with Crippen molar-refractivity contribution < 1.29 is 14.3 Å². The average Bonchev–Trinajstić information content (AvgIpc) is 2.77. The van der Waals surface area contributed by atoms with Gasteiger partial charge >= 0.3 is 0 Å². The Balaban J connectivity index is 2.58. The first-order valence-corrected chi connectivity index (χ1v) is 5.84. The van der Waals surface area contributed by atoms with E-state index in [9.17, 15) is 4.79 Å². The zero-order valence-corrected chi connectivity index (χ0v) is 11.4. The molecule has 0 aliphatic carbocycles. The fourth-order valence-electron chi connectivity index (χ4n) is 1.93. The van der Waals surface area contributed by atoms with E-state index in [4.69, 9.17) is 9.47 Å². The normalized spacial score (nSPS) is 10.3. The van der Waals surface area contributed by atoms with Crippen LogP contribution >= 0.6 is 0 Å². The van der Waals surface area contributed by atoms with E-state index in [1.54, 1.807) is 36.1 Å². The molecular formula is C14H16N2O3. The summed E-state index contributed by atoms with van der Waals surface area (Å²) >= 11 is 0. The molecule has 0 aliphatic heterocycles. The van der Waals surface area contributed by atoms with Gasteiger partial charge in [-0.15, -0.1) is 0 Å². The zero-order chi connectivity index (χ0) is 14.0. The topological polar surface area (TPSA) is 53.4 Å². The minimum atomic E-state index is -0.153. The van der Waals surface area contributed by atoms with Gasteiger partial charge in [0.25, 0.3) is 0 Å². The van der Waals surface area contributed by atoms with Crippen molar-refractivity contribution in [3.05, 3.63) is 41.2 Å². The van der Waals surface area contributed by atoms with E-state index in [0.717, 1.165) is 5.69 Å². The maximum absolute atomic E-state index is 12.6. The third-order valence-electron chi connectivity index (χ3n) is 3.13. The van der Waals surface area contributed by atoms with Crippen LogP contribution < -0.4 is 9.47 Å². The number of rotatable bonds is 4. The van der Waals surface area contributed by atoms with Crippen LogP contribution in [-0.2, 0) is 7.05 Å². The van der Waals surface area contributed by atoms with Crippen molar-refractivity contribution in [2.75, 3.05) is 14.2 Å². The van der Waals surface area contributed by atoms with Crippen LogP contribution in [0.1, 0.15) is 21.6 Å². The smallest absolute Gasteiger partial charge is 0.203 e. The average molecular weight is 260 g/mol. The number of methoxy groups -OCH3 is 2. The van der Waals surface area contributed by atoms with Crippen molar-refractivity contribution >= 4 is 5.78 Å². The number of benzene rings is 1. The second-order valence-electron chi connectivity index (χ2n) is 4.13. The molecule has 1 heterocycles. The Bertz CT molecular complexity index is 595. The molecule has 0 bridgehead atoms. The van der Waals surface area contributed by atoms with E-state index in [1.807, 2.05) is 6.92 Å². The highest BCUT2D eigenvalue weighted by Crippen LogP contribution is 2.31. The van der Waals surface area contributed by atoms with Gasteiger partial charge in [-0.2, -0.15) is 5.10 Å². The first-order chi connectivity index (χ1) is 9.10. The first-order valence-electron chi connectivity index (χ1n) is 5.84. The van der Waals surface area contributed by atoms with E-state index in [1.165, 1.54) is 14.2 Å². The molecule has 2 rings (SSSR count). The second kappa shape index (κ2) is 5.14. The molecule has 100 valence electrons. The molecule has 5 nitrogen and oxygen atoms in total. The van der Waals surface area contributed by atoms with Crippen LogP contribution in [0.3, 0.4) is 0 Å². The summed E-state index contributed by atoms with van der Waals surface area (Å²) in [4.78, 5) is 12.6. The van der Waals surface area contributed by atoms with Gasteiger partial charge in [-0.3, -0.25) is 9.48 Å². The number of ketones is 1. The van der Waals surface area contributed by atoms with Crippen molar-refractivity contribution in [2.24, 2.45) is 7.05 Å². The van der Waals surface area contributed by atoms with Gasteiger partial charge in [0, 0.05) is 12.7 Å². The van der Waals surface area contributed by atoms with Gasteiger partial charge in [-0.1, -0.05) is 6.07 Å². The summed E-state index contributed by atoms with van der Waals surface area (Å²) in [6, 6.07) is 5.26. The second-order valence-corrected chi connectivity index (χ2v) is 4.13. The number of carbonyl (C=O) groups excluding carboxylic acids is 1. The molecule has 2 aromatic rings. The van der Waals surface area contributed by atoms with Crippen LogP contribution in [0.15, 0.2) is 24.4 Å². The Morgan fingerprint density at radius 2 is 1.79 bits per heavy atom. The van der Waals surface area contributed by atoms with Crippen LogP contribution in [0.5, 0.6) is 11.5 Å². The lowest BCUT2D eigenvalue weighted by molar-refractivity contribution is 0.103. The molecule has 0 saturated heterocycles. The monoisotopic (exact) mass is 260 g/mol. The quantitative estimate of drug-likeness (QED) is 0.789. The molecule has 0 saturated carbocycles. The predicted octanol–water partition coefficient (Wildman–Crippen LogP) is 1.98. The summed E-state index contributed by atoms with van der Waals surface area (Å²) in [5, 5.41) is 4.09. The number of nitrogens with zero attached hydrogens (tertiary/aromatic N) is 2. The molecule has 0 aliphatic rings. The molecule has 0 spiro atoms. The van der Waals surface area contributed by atoms with Crippen molar-refractivity contribution in [1.82, 2.24) is 9.78 Å². The van der Waals surface area contributed by atoms with Gasteiger partial charge in [-0.25, -0.2) is 0 Å². The fourth-order valence-corrected chi connectivity index (χ4v) is 1.93. The Morgan fingerprint density at radius 3 is 2.21 bits per heavy atom. The van der Waals surface area contributed by atoms with Crippen molar-refractivity contribution in [3.63, 3.8) is 0 Å². The van der Waals surface area contributed by atoms with Gasteiger partial charge < -0.3 is 9.47 Å². The maximum atomic E-state index is 12.6. The molecular weight excluding hydrogens is 244 g/mol. The largest absolute Gasteiger partial charge is 0.496 e. The van der Waals surface area contributed by atoms with Gasteiger partial charge in [0.15, 0.2) is 0 Å². The maximum Gasteiger partial charge on any atom is 0.203 e. The Hall–Kier alpha value is -2.30. The summed E-state index contributed by atoms with van der Waals surface area (Å²) < 4.78 is 12.2. The van der Waals surface area contributed by atoms with Crippen LogP contribution in [0.2, 0.25) is 0 Å². The predicted molar refractivity (Wildman–Crippen MR) is 70.9 cm³/mol. The summed E-state index contributed by atoms with van der Waals surface area (Å²) in [5.74, 6) is 0.833. The highest BCUT2D eigenvalue weighted by atomic mass is 16.5. The Morgan fingerprint density at radius 1 is 1.21 bits per heavy atom. The Kier molecular flexibility index (Phi) is 3.55. The van der Waals surface area contributed by atoms with Gasteiger partial charge in [0.2, 0.25) is 5.78 Å². The summed E-state index contributed by atoms with van der Waals surface area (Å²) in [5.41, 5.74) is 1.77. The highest BCUT2D eigenvalue weighted by molar-refractivity contribution is 6.13. The molecule has 0 fully saturated rings. The van der Waals surface area contributed by atoms with E-state index < -0.39 is 0 Å². The van der Waals surface area contributed by atoms with Crippen LogP contribution in [-0.4, -0.2) is 29.8 Å². The molecule has 0 radical (unpaired) electrons. The number of hydrogen-bond donors (Lipinski definition) is 0. The third kappa shape index (κ3) is 2.19. The molecule has 5 heteroatoms. The van der Waals surface area contributed by atoms with Crippen LogP contribution in [0, 0.1) is 6.92 Å². The molecule has 1 aromatic heterocycles. The van der Waals surface area contributed by atoms with Gasteiger partial charge in [0.1, 0.15) is 17.1 Å². The molecule has 0 amide bonds. The molecule has 1 aromatic carbocycles.